The molecule has 0 radical (unpaired) electrons. The molecule has 146 valence electrons. The zero-order valence-electron chi connectivity index (χ0n) is 16.2. The third-order valence-electron chi connectivity index (χ3n) is 5.21. The Morgan fingerprint density at radius 2 is 1.75 bits per heavy atom. The summed E-state index contributed by atoms with van der Waals surface area (Å²) in [7, 11) is 0. The molecule has 5 heteroatoms. The SMILES string of the molecule is C[C@@H](OC(=O)[C@@H]1[C@H](/C=C\C(=O)O)C1(C)C)c1cccc(Oc2ccccc2)c1. The first-order valence-corrected chi connectivity index (χ1v) is 9.23. The van der Waals surface area contributed by atoms with E-state index in [1.54, 1.807) is 6.08 Å². The van der Waals surface area contributed by atoms with Gasteiger partial charge in [-0.1, -0.05) is 50.3 Å². The van der Waals surface area contributed by atoms with Crippen molar-refractivity contribution in [1.82, 2.24) is 0 Å². The molecule has 2 aromatic rings. The van der Waals surface area contributed by atoms with Crippen molar-refractivity contribution in [3.8, 4) is 11.5 Å². The number of carbonyl (C=O) groups excluding carboxylic acids is 1. The third kappa shape index (κ3) is 4.42. The van der Waals surface area contributed by atoms with E-state index in [-0.39, 0.29) is 23.2 Å². The van der Waals surface area contributed by atoms with Gasteiger partial charge in [0.25, 0.3) is 0 Å². The standard InChI is InChI=1S/C23H24O5/c1-15(27-22(26)21-19(23(21,2)3)12-13-20(24)25)16-8-7-11-18(14-16)28-17-9-5-4-6-10-17/h4-15,19,21H,1-3H3,(H,24,25)/b13-12-/t15-,19+,21+/m1/s1. The third-order valence-corrected chi connectivity index (χ3v) is 5.21. The summed E-state index contributed by atoms with van der Waals surface area (Å²) in [5.41, 5.74) is 0.527. The van der Waals surface area contributed by atoms with E-state index in [9.17, 15) is 9.59 Å². The van der Waals surface area contributed by atoms with E-state index < -0.39 is 12.1 Å². The fraction of sp³-hybridized carbons (Fsp3) is 0.304. The number of esters is 1. The number of carbonyl (C=O) groups is 2. The van der Waals surface area contributed by atoms with Crippen LogP contribution in [0.25, 0.3) is 0 Å². The Hall–Kier alpha value is -3.08. The zero-order chi connectivity index (χ0) is 20.3. The van der Waals surface area contributed by atoms with Crippen molar-refractivity contribution >= 4 is 11.9 Å². The minimum atomic E-state index is -1.02. The molecule has 0 heterocycles. The van der Waals surface area contributed by atoms with Gasteiger partial charge in [-0.15, -0.1) is 0 Å². The molecule has 3 rings (SSSR count). The van der Waals surface area contributed by atoms with Crippen LogP contribution in [-0.2, 0) is 14.3 Å². The summed E-state index contributed by atoms with van der Waals surface area (Å²) in [6.45, 7) is 5.69. The maximum atomic E-state index is 12.6. The van der Waals surface area contributed by atoms with E-state index >= 15 is 0 Å². The van der Waals surface area contributed by atoms with Crippen LogP contribution in [0.3, 0.4) is 0 Å². The first kappa shape index (κ1) is 19.7. The first-order valence-electron chi connectivity index (χ1n) is 9.23. The number of allylic oxidation sites excluding steroid dienone is 1. The molecule has 5 nitrogen and oxygen atoms in total. The van der Waals surface area contributed by atoms with Crippen molar-refractivity contribution in [3.63, 3.8) is 0 Å². The minimum Gasteiger partial charge on any atom is -0.478 e. The highest BCUT2D eigenvalue weighted by molar-refractivity contribution is 5.82. The van der Waals surface area contributed by atoms with Crippen LogP contribution in [0.5, 0.6) is 11.5 Å². The summed E-state index contributed by atoms with van der Waals surface area (Å²) >= 11 is 0. The summed E-state index contributed by atoms with van der Waals surface area (Å²) in [6.07, 6.45) is 2.23. The smallest absolute Gasteiger partial charge is 0.327 e. The largest absolute Gasteiger partial charge is 0.478 e. The molecule has 0 amide bonds. The van der Waals surface area contributed by atoms with Crippen molar-refractivity contribution < 1.29 is 24.2 Å². The summed E-state index contributed by atoms with van der Waals surface area (Å²) < 4.78 is 11.5. The summed E-state index contributed by atoms with van der Waals surface area (Å²) in [4.78, 5) is 23.3. The van der Waals surface area contributed by atoms with Crippen molar-refractivity contribution in [1.29, 1.82) is 0 Å². The normalized spacial score (nSPS) is 21.1. The van der Waals surface area contributed by atoms with Gasteiger partial charge < -0.3 is 14.6 Å². The molecule has 0 aliphatic heterocycles. The van der Waals surface area contributed by atoms with Gasteiger partial charge in [0.05, 0.1) is 5.92 Å². The molecule has 0 aromatic heterocycles. The Morgan fingerprint density at radius 3 is 2.43 bits per heavy atom. The van der Waals surface area contributed by atoms with Gasteiger partial charge in [0.15, 0.2) is 0 Å². The number of benzene rings is 2. The number of rotatable bonds is 7. The first-order chi connectivity index (χ1) is 13.3. The van der Waals surface area contributed by atoms with E-state index in [0.717, 1.165) is 17.4 Å². The predicted molar refractivity (Wildman–Crippen MR) is 105 cm³/mol. The molecule has 28 heavy (non-hydrogen) atoms. The second kappa shape index (κ2) is 7.89. The Labute approximate surface area is 164 Å². The van der Waals surface area contributed by atoms with Gasteiger partial charge >= 0.3 is 11.9 Å². The summed E-state index contributed by atoms with van der Waals surface area (Å²) in [6, 6.07) is 16.9. The van der Waals surface area contributed by atoms with E-state index in [2.05, 4.69) is 0 Å². The van der Waals surface area contributed by atoms with E-state index in [1.165, 1.54) is 0 Å². The van der Waals surface area contributed by atoms with Crippen molar-refractivity contribution in [2.24, 2.45) is 17.3 Å². The summed E-state index contributed by atoms with van der Waals surface area (Å²) in [5.74, 6) is -0.395. The number of aliphatic carboxylic acids is 1. The highest BCUT2D eigenvalue weighted by atomic mass is 16.5. The van der Waals surface area contributed by atoms with Gasteiger partial charge in [0.2, 0.25) is 0 Å². The Bertz CT molecular complexity index is 885. The Morgan fingerprint density at radius 1 is 1.07 bits per heavy atom. The average Bonchev–Trinajstić information content (AvgIpc) is 3.21. The Balaban J connectivity index is 1.65. The molecule has 0 spiro atoms. The number of carboxylic acids is 1. The lowest BCUT2D eigenvalue weighted by atomic mass is 10.1. The lowest BCUT2D eigenvalue weighted by Gasteiger charge is -2.15. The fourth-order valence-electron chi connectivity index (χ4n) is 3.44. The molecule has 1 aliphatic rings. The highest BCUT2D eigenvalue weighted by Crippen LogP contribution is 2.59. The molecule has 0 saturated heterocycles. The lowest BCUT2D eigenvalue weighted by molar-refractivity contribution is -0.151. The predicted octanol–water partition coefficient (Wildman–Crippen LogP) is 5.00. The maximum absolute atomic E-state index is 12.6. The average molecular weight is 380 g/mol. The second-order valence-electron chi connectivity index (χ2n) is 7.59. The zero-order valence-corrected chi connectivity index (χ0v) is 16.2. The topological polar surface area (TPSA) is 72.8 Å². The van der Waals surface area contributed by atoms with Crippen LogP contribution in [0.15, 0.2) is 66.7 Å². The molecule has 1 aliphatic carbocycles. The molecular formula is C23H24O5. The number of carboxylic acid groups (broad SMARTS) is 1. The van der Waals surface area contributed by atoms with Crippen LogP contribution < -0.4 is 4.74 Å². The van der Waals surface area contributed by atoms with Gasteiger partial charge in [-0.05, 0) is 48.1 Å². The molecule has 0 bridgehead atoms. The van der Waals surface area contributed by atoms with Crippen molar-refractivity contribution in [2.45, 2.75) is 26.9 Å². The lowest BCUT2D eigenvalue weighted by Crippen LogP contribution is -2.13. The molecular weight excluding hydrogens is 356 g/mol. The van der Waals surface area contributed by atoms with Gasteiger partial charge in [0.1, 0.15) is 17.6 Å². The molecule has 1 N–H and O–H groups in total. The second-order valence-corrected chi connectivity index (χ2v) is 7.59. The van der Waals surface area contributed by atoms with E-state index in [0.29, 0.717) is 5.75 Å². The van der Waals surface area contributed by atoms with Crippen LogP contribution in [0.2, 0.25) is 0 Å². The van der Waals surface area contributed by atoms with Crippen LogP contribution in [0, 0.1) is 17.3 Å². The van der Waals surface area contributed by atoms with Gasteiger partial charge in [-0.3, -0.25) is 4.79 Å². The molecule has 1 saturated carbocycles. The highest BCUT2D eigenvalue weighted by Gasteiger charge is 2.61. The number of para-hydroxylation sites is 1. The maximum Gasteiger partial charge on any atom is 0.327 e. The van der Waals surface area contributed by atoms with Gasteiger partial charge in [-0.2, -0.15) is 0 Å². The van der Waals surface area contributed by atoms with Crippen LogP contribution in [-0.4, -0.2) is 17.0 Å². The number of hydrogen-bond acceptors (Lipinski definition) is 4. The van der Waals surface area contributed by atoms with Crippen molar-refractivity contribution in [3.05, 3.63) is 72.3 Å². The monoisotopic (exact) mass is 380 g/mol. The molecule has 3 atom stereocenters. The minimum absolute atomic E-state index is 0.129. The number of hydrogen-bond donors (Lipinski definition) is 1. The number of ether oxygens (including phenoxy) is 2. The summed E-state index contributed by atoms with van der Waals surface area (Å²) in [5, 5.41) is 8.80. The van der Waals surface area contributed by atoms with Gasteiger partial charge in [-0.25, -0.2) is 4.79 Å². The van der Waals surface area contributed by atoms with Crippen LogP contribution >= 0.6 is 0 Å². The fourth-order valence-corrected chi connectivity index (χ4v) is 3.44. The molecule has 0 unspecified atom stereocenters. The molecule has 2 aromatic carbocycles. The van der Waals surface area contributed by atoms with Crippen LogP contribution in [0.4, 0.5) is 0 Å². The van der Waals surface area contributed by atoms with Crippen molar-refractivity contribution in [2.75, 3.05) is 0 Å². The van der Waals surface area contributed by atoms with Gasteiger partial charge in [0, 0.05) is 6.08 Å². The van der Waals surface area contributed by atoms with E-state index in [1.807, 2.05) is 75.4 Å². The quantitative estimate of drug-likeness (QED) is 0.541. The van der Waals surface area contributed by atoms with Crippen LogP contribution in [0.1, 0.15) is 32.4 Å². The van der Waals surface area contributed by atoms with E-state index in [4.69, 9.17) is 14.6 Å². The molecule has 1 fully saturated rings. The Kier molecular flexibility index (Phi) is 5.54.